The van der Waals surface area contributed by atoms with Gasteiger partial charge >= 0.3 is 0 Å². The fourth-order valence-corrected chi connectivity index (χ4v) is 3.75. The number of aromatic nitrogens is 4. The van der Waals surface area contributed by atoms with E-state index in [9.17, 15) is 0 Å². The minimum Gasteiger partial charge on any atom is -0.371 e. The van der Waals surface area contributed by atoms with Gasteiger partial charge in [-0.15, -0.1) is 16.8 Å². The molecule has 0 bridgehead atoms. The summed E-state index contributed by atoms with van der Waals surface area (Å²) in [7, 11) is 0. The zero-order valence-electron chi connectivity index (χ0n) is 13.6. The van der Waals surface area contributed by atoms with Crippen LogP contribution in [0.4, 0.5) is 0 Å². The van der Waals surface area contributed by atoms with E-state index in [1.165, 1.54) is 0 Å². The van der Waals surface area contributed by atoms with Crippen molar-refractivity contribution in [3.63, 3.8) is 0 Å². The van der Waals surface area contributed by atoms with E-state index in [1.54, 1.807) is 24.2 Å². The summed E-state index contributed by atoms with van der Waals surface area (Å²) >= 11 is 1.70. The van der Waals surface area contributed by atoms with Crippen molar-refractivity contribution >= 4 is 11.8 Å². The van der Waals surface area contributed by atoms with Crippen molar-refractivity contribution < 1.29 is 4.74 Å². The Labute approximate surface area is 141 Å². The predicted octanol–water partition coefficient (Wildman–Crippen LogP) is 3.58. The molecule has 0 N–H and O–H groups in total. The zero-order valence-corrected chi connectivity index (χ0v) is 14.4. The van der Waals surface area contributed by atoms with E-state index in [-0.39, 0.29) is 11.7 Å². The van der Waals surface area contributed by atoms with Crippen LogP contribution in [-0.4, -0.2) is 37.2 Å². The number of hydrogen-bond donors (Lipinski definition) is 0. The van der Waals surface area contributed by atoms with Crippen LogP contribution >= 0.6 is 11.8 Å². The molecule has 3 rings (SSSR count). The molecule has 1 aliphatic heterocycles. The SMILES string of the molecule is C=CCn1c(SCC2CCC(C)(C)O2)nnc1-c1ccncc1. The van der Waals surface area contributed by atoms with Crippen LogP contribution in [0.2, 0.25) is 0 Å². The molecular weight excluding hydrogens is 308 g/mol. The first-order valence-corrected chi connectivity index (χ1v) is 8.83. The molecule has 0 saturated carbocycles. The number of thioether (sulfide) groups is 1. The minimum absolute atomic E-state index is 0.00220. The van der Waals surface area contributed by atoms with Crippen LogP contribution in [0.3, 0.4) is 0 Å². The molecule has 122 valence electrons. The standard InChI is InChI=1S/C17H22N4OS/c1-4-11-21-15(13-6-9-18-10-7-13)19-20-16(21)23-12-14-5-8-17(2,3)22-14/h4,6-7,9-10,14H,1,5,8,11-12H2,2-3H3. The van der Waals surface area contributed by atoms with Crippen molar-refractivity contribution in [1.82, 2.24) is 19.7 Å². The van der Waals surface area contributed by atoms with Crippen molar-refractivity contribution in [3.05, 3.63) is 37.2 Å². The Hall–Kier alpha value is -1.66. The van der Waals surface area contributed by atoms with Gasteiger partial charge in [0.2, 0.25) is 0 Å². The lowest BCUT2D eigenvalue weighted by molar-refractivity contribution is -0.00469. The molecule has 1 unspecified atom stereocenters. The molecule has 23 heavy (non-hydrogen) atoms. The van der Waals surface area contributed by atoms with Crippen molar-refractivity contribution in [2.75, 3.05) is 5.75 Å². The summed E-state index contributed by atoms with van der Waals surface area (Å²) in [5, 5.41) is 9.62. The molecule has 1 fully saturated rings. The third-order valence-electron chi connectivity index (χ3n) is 3.92. The smallest absolute Gasteiger partial charge is 0.191 e. The van der Waals surface area contributed by atoms with Crippen LogP contribution in [0.1, 0.15) is 26.7 Å². The molecule has 0 spiro atoms. The second-order valence-electron chi connectivity index (χ2n) is 6.29. The van der Waals surface area contributed by atoms with Crippen LogP contribution in [0.15, 0.2) is 42.3 Å². The lowest BCUT2D eigenvalue weighted by Crippen LogP contribution is -2.21. The zero-order chi connectivity index (χ0) is 16.3. The van der Waals surface area contributed by atoms with E-state index >= 15 is 0 Å². The Bertz CT molecular complexity index is 668. The highest BCUT2D eigenvalue weighted by Gasteiger charge is 2.31. The van der Waals surface area contributed by atoms with Gasteiger partial charge in [0.15, 0.2) is 11.0 Å². The topological polar surface area (TPSA) is 52.8 Å². The molecule has 0 radical (unpaired) electrons. The van der Waals surface area contributed by atoms with Crippen LogP contribution in [-0.2, 0) is 11.3 Å². The first-order valence-electron chi connectivity index (χ1n) is 7.84. The van der Waals surface area contributed by atoms with E-state index in [2.05, 4.69) is 40.2 Å². The van der Waals surface area contributed by atoms with E-state index in [0.29, 0.717) is 6.54 Å². The van der Waals surface area contributed by atoms with Gasteiger partial charge in [0, 0.05) is 30.3 Å². The minimum atomic E-state index is 0.00220. The average molecular weight is 330 g/mol. The molecule has 0 aliphatic carbocycles. The highest BCUT2D eigenvalue weighted by Crippen LogP contribution is 2.33. The Morgan fingerprint density at radius 1 is 1.39 bits per heavy atom. The van der Waals surface area contributed by atoms with Crippen LogP contribution < -0.4 is 0 Å². The van der Waals surface area contributed by atoms with Gasteiger partial charge in [0.05, 0.1) is 11.7 Å². The van der Waals surface area contributed by atoms with Gasteiger partial charge in [0.25, 0.3) is 0 Å². The number of hydrogen-bond acceptors (Lipinski definition) is 5. The largest absolute Gasteiger partial charge is 0.371 e. The molecule has 2 aromatic rings. The lowest BCUT2D eigenvalue weighted by Gasteiger charge is -2.18. The number of rotatable bonds is 6. The van der Waals surface area contributed by atoms with Gasteiger partial charge in [-0.1, -0.05) is 17.8 Å². The van der Waals surface area contributed by atoms with Crippen molar-refractivity contribution in [3.8, 4) is 11.4 Å². The predicted molar refractivity (Wildman–Crippen MR) is 92.4 cm³/mol. The Morgan fingerprint density at radius 2 is 2.17 bits per heavy atom. The fourth-order valence-electron chi connectivity index (χ4n) is 2.77. The quantitative estimate of drug-likeness (QED) is 0.598. The molecule has 0 aromatic carbocycles. The Balaban J connectivity index is 1.75. The first-order chi connectivity index (χ1) is 11.1. The number of nitrogens with zero attached hydrogens (tertiary/aromatic N) is 4. The maximum atomic E-state index is 6.06. The second kappa shape index (κ2) is 6.84. The summed E-state index contributed by atoms with van der Waals surface area (Å²) < 4.78 is 8.15. The summed E-state index contributed by atoms with van der Waals surface area (Å²) in [6, 6.07) is 3.89. The fraction of sp³-hybridized carbons (Fsp3) is 0.471. The van der Waals surface area contributed by atoms with E-state index in [0.717, 1.165) is 35.1 Å². The lowest BCUT2D eigenvalue weighted by atomic mass is 10.1. The van der Waals surface area contributed by atoms with Gasteiger partial charge in [-0.2, -0.15) is 0 Å². The van der Waals surface area contributed by atoms with Crippen LogP contribution in [0.25, 0.3) is 11.4 Å². The normalized spacial score (nSPS) is 19.8. The van der Waals surface area contributed by atoms with Crippen molar-refractivity contribution in [2.24, 2.45) is 0 Å². The van der Waals surface area contributed by atoms with Gasteiger partial charge in [0.1, 0.15) is 0 Å². The Morgan fingerprint density at radius 3 is 2.83 bits per heavy atom. The summed E-state index contributed by atoms with van der Waals surface area (Å²) in [4.78, 5) is 4.06. The van der Waals surface area contributed by atoms with Gasteiger partial charge in [-0.05, 0) is 38.8 Å². The van der Waals surface area contributed by atoms with Crippen molar-refractivity contribution in [2.45, 2.75) is 50.1 Å². The molecule has 6 heteroatoms. The summed E-state index contributed by atoms with van der Waals surface area (Å²) in [5.74, 6) is 1.75. The molecular formula is C17H22N4OS. The van der Waals surface area contributed by atoms with Gasteiger partial charge in [-0.3, -0.25) is 9.55 Å². The third-order valence-corrected chi connectivity index (χ3v) is 5.02. The Kier molecular flexibility index (Phi) is 4.82. The van der Waals surface area contributed by atoms with Crippen LogP contribution in [0, 0.1) is 0 Å². The summed E-state index contributed by atoms with van der Waals surface area (Å²) in [6.45, 7) is 8.83. The monoisotopic (exact) mass is 330 g/mol. The molecule has 2 aromatic heterocycles. The molecule has 1 aliphatic rings. The summed E-state index contributed by atoms with van der Waals surface area (Å²) in [5.41, 5.74) is 1.02. The van der Waals surface area contributed by atoms with Crippen molar-refractivity contribution in [1.29, 1.82) is 0 Å². The van der Waals surface area contributed by atoms with E-state index in [4.69, 9.17) is 4.74 Å². The molecule has 0 amide bonds. The highest BCUT2D eigenvalue weighted by molar-refractivity contribution is 7.99. The average Bonchev–Trinajstić information content (AvgIpc) is 3.10. The molecule has 3 heterocycles. The van der Waals surface area contributed by atoms with Crippen LogP contribution in [0.5, 0.6) is 0 Å². The number of pyridine rings is 1. The molecule has 1 saturated heterocycles. The highest BCUT2D eigenvalue weighted by atomic mass is 32.2. The van der Waals surface area contributed by atoms with E-state index in [1.807, 2.05) is 18.2 Å². The molecule has 5 nitrogen and oxygen atoms in total. The second-order valence-corrected chi connectivity index (χ2v) is 7.28. The van der Waals surface area contributed by atoms with Gasteiger partial charge in [-0.25, -0.2) is 0 Å². The number of ether oxygens (including phenoxy) is 1. The first kappa shape index (κ1) is 16.2. The number of allylic oxidation sites excluding steroid dienone is 1. The van der Waals surface area contributed by atoms with Gasteiger partial charge < -0.3 is 4.74 Å². The molecule has 1 atom stereocenters. The summed E-state index contributed by atoms with van der Waals surface area (Å²) in [6.07, 6.45) is 7.90. The third kappa shape index (κ3) is 3.82. The van der Waals surface area contributed by atoms with E-state index < -0.39 is 0 Å². The maximum Gasteiger partial charge on any atom is 0.191 e. The maximum absolute atomic E-state index is 6.06.